The van der Waals surface area contributed by atoms with Gasteiger partial charge < -0.3 is 10.1 Å². The molecule has 0 radical (unpaired) electrons. The van der Waals surface area contributed by atoms with E-state index in [-0.39, 0.29) is 0 Å². The molecule has 0 unspecified atom stereocenters. The van der Waals surface area contributed by atoms with Crippen LogP contribution in [0.25, 0.3) is 0 Å². The van der Waals surface area contributed by atoms with E-state index in [4.69, 9.17) is 10.00 Å². The number of rotatable bonds is 4. The monoisotopic (exact) mass is 282 g/mol. The lowest BCUT2D eigenvalue weighted by Crippen LogP contribution is -2.03. The lowest BCUT2D eigenvalue weighted by atomic mass is 10.1. The Bertz CT molecular complexity index is 681. The van der Waals surface area contributed by atoms with Crippen molar-refractivity contribution < 1.29 is 4.74 Å². The van der Waals surface area contributed by atoms with Gasteiger partial charge in [0.2, 0.25) is 5.88 Å². The number of hydrogen-bond donors (Lipinski definition) is 1. The second-order valence-electron chi connectivity index (χ2n) is 4.82. The molecule has 0 fully saturated rings. The SMILES string of the molecule is CCNc1cc(Oc2c(C)cc(C#N)cc2C)nc(C)n1. The highest BCUT2D eigenvalue weighted by molar-refractivity contribution is 5.49. The van der Waals surface area contributed by atoms with Gasteiger partial charge in [-0.1, -0.05) is 0 Å². The van der Waals surface area contributed by atoms with Crippen LogP contribution in [0.4, 0.5) is 5.82 Å². The fourth-order valence-electron chi connectivity index (χ4n) is 2.14. The highest BCUT2D eigenvalue weighted by atomic mass is 16.5. The predicted octanol–water partition coefficient (Wildman–Crippen LogP) is 3.50. The molecule has 1 N–H and O–H groups in total. The summed E-state index contributed by atoms with van der Waals surface area (Å²) in [4.78, 5) is 8.59. The van der Waals surface area contributed by atoms with Crippen LogP contribution in [0.5, 0.6) is 11.6 Å². The minimum absolute atomic E-state index is 0.495. The van der Waals surface area contributed by atoms with Crippen molar-refractivity contribution in [2.75, 3.05) is 11.9 Å². The van der Waals surface area contributed by atoms with Gasteiger partial charge in [-0.2, -0.15) is 10.2 Å². The second kappa shape index (κ2) is 6.23. The minimum atomic E-state index is 0.495. The minimum Gasteiger partial charge on any atom is -0.438 e. The molecule has 0 aliphatic heterocycles. The van der Waals surface area contributed by atoms with Crippen molar-refractivity contribution in [3.63, 3.8) is 0 Å². The Hall–Kier alpha value is -2.61. The zero-order valence-corrected chi connectivity index (χ0v) is 12.7. The van der Waals surface area contributed by atoms with E-state index in [9.17, 15) is 0 Å². The van der Waals surface area contributed by atoms with Gasteiger partial charge in [-0.25, -0.2) is 4.98 Å². The van der Waals surface area contributed by atoms with Crippen LogP contribution in [0.15, 0.2) is 18.2 Å². The van der Waals surface area contributed by atoms with Crippen molar-refractivity contribution in [2.45, 2.75) is 27.7 Å². The maximum atomic E-state index is 8.98. The third kappa shape index (κ3) is 3.48. The Morgan fingerprint density at radius 1 is 1.14 bits per heavy atom. The van der Waals surface area contributed by atoms with E-state index in [2.05, 4.69) is 21.4 Å². The van der Waals surface area contributed by atoms with Crippen LogP contribution < -0.4 is 10.1 Å². The molecule has 0 atom stereocenters. The summed E-state index contributed by atoms with van der Waals surface area (Å²) in [6.45, 7) is 8.45. The van der Waals surface area contributed by atoms with E-state index in [1.807, 2.05) is 39.8 Å². The van der Waals surface area contributed by atoms with Crippen LogP contribution in [0.1, 0.15) is 29.4 Å². The Kier molecular flexibility index (Phi) is 4.39. The van der Waals surface area contributed by atoms with Crippen LogP contribution in [0.3, 0.4) is 0 Å². The van der Waals surface area contributed by atoms with Crippen LogP contribution in [-0.4, -0.2) is 16.5 Å². The Balaban J connectivity index is 2.36. The summed E-state index contributed by atoms with van der Waals surface area (Å²) in [7, 11) is 0. The third-order valence-corrected chi connectivity index (χ3v) is 2.97. The number of aryl methyl sites for hydroxylation is 3. The highest BCUT2D eigenvalue weighted by Crippen LogP contribution is 2.29. The van der Waals surface area contributed by atoms with Gasteiger partial charge in [-0.15, -0.1) is 0 Å². The van der Waals surface area contributed by atoms with Crippen LogP contribution in [0.2, 0.25) is 0 Å². The van der Waals surface area contributed by atoms with Gasteiger partial charge in [0.1, 0.15) is 17.4 Å². The molecule has 108 valence electrons. The van der Waals surface area contributed by atoms with E-state index in [0.29, 0.717) is 17.3 Å². The number of aromatic nitrogens is 2. The highest BCUT2D eigenvalue weighted by Gasteiger charge is 2.10. The van der Waals surface area contributed by atoms with E-state index >= 15 is 0 Å². The number of anilines is 1. The maximum Gasteiger partial charge on any atom is 0.224 e. The van der Waals surface area contributed by atoms with Gasteiger partial charge >= 0.3 is 0 Å². The summed E-state index contributed by atoms with van der Waals surface area (Å²) in [5, 5.41) is 12.1. The smallest absolute Gasteiger partial charge is 0.224 e. The van der Waals surface area contributed by atoms with Crippen molar-refractivity contribution in [3.8, 4) is 17.7 Å². The Labute approximate surface area is 124 Å². The van der Waals surface area contributed by atoms with Gasteiger partial charge in [-0.3, -0.25) is 0 Å². The van der Waals surface area contributed by atoms with E-state index in [1.165, 1.54) is 0 Å². The molecule has 1 heterocycles. The van der Waals surface area contributed by atoms with Crippen molar-refractivity contribution in [1.29, 1.82) is 5.26 Å². The number of nitrogens with one attached hydrogen (secondary N) is 1. The lowest BCUT2D eigenvalue weighted by Gasteiger charge is -2.13. The molecule has 0 saturated carbocycles. The first-order valence-electron chi connectivity index (χ1n) is 6.82. The number of ether oxygens (including phenoxy) is 1. The van der Waals surface area contributed by atoms with E-state index in [1.54, 1.807) is 6.07 Å². The molecule has 0 saturated heterocycles. The van der Waals surface area contributed by atoms with Gasteiger partial charge in [-0.05, 0) is 51.0 Å². The number of nitriles is 1. The molecule has 2 rings (SSSR count). The molecule has 1 aromatic heterocycles. The van der Waals surface area contributed by atoms with Crippen LogP contribution in [0, 0.1) is 32.1 Å². The first-order valence-corrected chi connectivity index (χ1v) is 6.82. The molecular weight excluding hydrogens is 264 g/mol. The molecular formula is C16H18N4O. The molecule has 5 heteroatoms. The van der Waals surface area contributed by atoms with Crippen LogP contribution in [-0.2, 0) is 0 Å². The van der Waals surface area contributed by atoms with Crippen molar-refractivity contribution >= 4 is 5.82 Å². The molecule has 5 nitrogen and oxygen atoms in total. The largest absolute Gasteiger partial charge is 0.438 e. The summed E-state index contributed by atoms with van der Waals surface area (Å²) < 4.78 is 5.91. The predicted molar refractivity (Wildman–Crippen MR) is 81.6 cm³/mol. The average molecular weight is 282 g/mol. The summed E-state index contributed by atoms with van der Waals surface area (Å²) in [5.41, 5.74) is 2.45. The maximum absolute atomic E-state index is 8.98. The van der Waals surface area contributed by atoms with Gasteiger partial charge in [0.25, 0.3) is 0 Å². The first-order chi connectivity index (χ1) is 10.0. The van der Waals surface area contributed by atoms with Gasteiger partial charge in [0, 0.05) is 12.6 Å². The first kappa shape index (κ1) is 14.8. The lowest BCUT2D eigenvalue weighted by molar-refractivity contribution is 0.453. The molecule has 21 heavy (non-hydrogen) atoms. The van der Waals surface area contributed by atoms with Crippen molar-refractivity contribution in [1.82, 2.24) is 9.97 Å². The standard InChI is InChI=1S/C16H18N4O/c1-5-18-14-8-15(20-12(4)19-14)21-16-10(2)6-13(9-17)7-11(16)3/h6-8H,5H2,1-4H3,(H,18,19,20). The fraction of sp³-hybridized carbons (Fsp3) is 0.312. The number of benzene rings is 1. The summed E-state index contributed by atoms with van der Waals surface area (Å²) >= 11 is 0. The number of hydrogen-bond acceptors (Lipinski definition) is 5. The second-order valence-corrected chi connectivity index (χ2v) is 4.82. The van der Waals surface area contributed by atoms with Gasteiger partial charge in [0.05, 0.1) is 11.6 Å². The van der Waals surface area contributed by atoms with E-state index < -0.39 is 0 Å². The zero-order valence-electron chi connectivity index (χ0n) is 12.7. The molecule has 1 aromatic carbocycles. The summed E-state index contributed by atoms with van der Waals surface area (Å²) in [6, 6.07) is 7.53. The molecule has 0 amide bonds. The molecule has 0 spiro atoms. The van der Waals surface area contributed by atoms with Crippen molar-refractivity contribution in [3.05, 3.63) is 40.7 Å². The van der Waals surface area contributed by atoms with Gasteiger partial charge in [0.15, 0.2) is 0 Å². The summed E-state index contributed by atoms with van der Waals surface area (Å²) in [5.74, 6) is 2.61. The molecule has 0 aliphatic carbocycles. The topological polar surface area (TPSA) is 70.8 Å². The summed E-state index contributed by atoms with van der Waals surface area (Å²) in [6.07, 6.45) is 0. The fourth-order valence-corrected chi connectivity index (χ4v) is 2.14. The average Bonchev–Trinajstić information content (AvgIpc) is 2.42. The Morgan fingerprint density at radius 3 is 2.38 bits per heavy atom. The zero-order chi connectivity index (χ0) is 15.4. The molecule has 2 aromatic rings. The molecule has 0 bridgehead atoms. The molecule has 0 aliphatic rings. The number of nitrogens with zero attached hydrogens (tertiary/aromatic N) is 3. The quantitative estimate of drug-likeness (QED) is 0.929. The van der Waals surface area contributed by atoms with Crippen molar-refractivity contribution in [2.24, 2.45) is 0 Å². The van der Waals surface area contributed by atoms with Crippen LogP contribution >= 0.6 is 0 Å². The third-order valence-electron chi connectivity index (χ3n) is 2.97. The normalized spacial score (nSPS) is 10.0. The Morgan fingerprint density at radius 2 is 1.81 bits per heavy atom. The van der Waals surface area contributed by atoms with E-state index in [0.717, 1.165) is 29.2 Å².